The van der Waals surface area contributed by atoms with Gasteiger partial charge in [0.15, 0.2) is 0 Å². The lowest BCUT2D eigenvalue weighted by atomic mass is 10.1. The van der Waals surface area contributed by atoms with E-state index in [1.54, 1.807) is 6.20 Å². The highest BCUT2D eigenvalue weighted by Gasteiger charge is 2.17. The SMILES string of the molecule is CN1CCN(Cc2ccc(CNC(=O)c3cnc4nc3NCCC[C@H](N)C(=O)NCCCCN4)cc2)CC1. The van der Waals surface area contributed by atoms with Gasteiger partial charge in [-0.1, -0.05) is 24.3 Å². The minimum atomic E-state index is -0.545. The van der Waals surface area contributed by atoms with E-state index in [4.69, 9.17) is 5.73 Å². The van der Waals surface area contributed by atoms with E-state index in [0.717, 1.165) is 51.1 Å². The Labute approximate surface area is 225 Å². The lowest BCUT2D eigenvalue weighted by Crippen LogP contribution is -2.43. The van der Waals surface area contributed by atoms with Gasteiger partial charge in [0.25, 0.3) is 5.91 Å². The van der Waals surface area contributed by atoms with Gasteiger partial charge in [-0.25, -0.2) is 4.98 Å². The molecule has 0 aliphatic carbocycles. The van der Waals surface area contributed by atoms with Crippen LogP contribution in [-0.4, -0.2) is 90.5 Å². The van der Waals surface area contributed by atoms with Crippen molar-refractivity contribution in [3.63, 3.8) is 0 Å². The van der Waals surface area contributed by atoms with Crippen LogP contribution in [0.15, 0.2) is 30.5 Å². The van der Waals surface area contributed by atoms with Crippen molar-refractivity contribution in [2.75, 3.05) is 63.5 Å². The number of amides is 2. The first-order valence-electron chi connectivity index (χ1n) is 13.6. The van der Waals surface area contributed by atoms with Crippen molar-refractivity contribution >= 4 is 23.6 Å². The minimum absolute atomic E-state index is 0.124. The number of hydrogen-bond donors (Lipinski definition) is 5. The normalized spacial score (nSPS) is 20.3. The molecular formula is C27H41N9O2. The molecule has 2 bridgehead atoms. The number of benzene rings is 1. The van der Waals surface area contributed by atoms with Gasteiger partial charge in [0.2, 0.25) is 11.9 Å². The third-order valence-electron chi connectivity index (χ3n) is 7.02. The standard InChI is InChI=1S/C27H41N9O2/c1-35-13-15-36(16-14-35)19-21-8-6-20(7-9-21)17-32-25(37)22-18-33-27-31-11-3-2-10-30-26(38)23(28)5-4-12-29-24(22)34-27/h6-9,18,23H,2-5,10-17,19,28H2,1H3,(H,30,38)(H,32,37)(H2,29,31,33,34)/t23-/m0/s1. The maximum Gasteiger partial charge on any atom is 0.256 e. The molecule has 11 heteroatoms. The number of anilines is 2. The predicted molar refractivity (Wildman–Crippen MR) is 149 cm³/mol. The fourth-order valence-electron chi connectivity index (χ4n) is 4.52. The maximum absolute atomic E-state index is 13.1. The number of hydrogen-bond acceptors (Lipinski definition) is 9. The summed E-state index contributed by atoms with van der Waals surface area (Å²) in [6.07, 6.45) is 4.44. The van der Waals surface area contributed by atoms with Crippen LogP contribution in [0.25, 0.3) is 0 Å². The summed E-state index contributed by atoms with van der Waals surface area (Å²) in [6, 6.07) is 7.87. The fourth-order valence-corrected chi connectivity index (χ4v) is 4.52. The van der Waals surface area contributed by atoms with Crippen LogP contribution in [0.5, 0.6) is 0 Å². The minimum Gasteiger partial charge on any atom is -0.369 e. The molecule has 11 nitrogen and oxygen atoms in total. The van der Waals surface area contributed by atoms with Crippen molar-refractivity contribution in [1.29, 1.82) is 0 Å². The first-order chi connectivity index (χ1) is 18.5. The molecule has 2 aliphatic heterocycles. The number of likely N-dealkylation sites (N-methyl/N-ethyl adjacent to an activating group) is 1. The van der Waals surface area contributed by atoms with E-state index in [0.29, 0.717) is 56.4 Å². The fraction of sp³-hybridized carbons (Fsp3) is 0.556. The Morgan fingerprint density at radius 2 is 1.68 bits per heavy atom. The summed E-state index contributed by atoms with van der Waals surface area (Å²) < 4.78 is 0. The Hall–Kier alpha value is -3.28. The molecule has 0 unspecified atom stereocenters. The number of fused-ring (bicyclic) bond motifs is 2. The summed E-state index contributed by atoms with van der Waals surface area (Å²) >= 11 is 0. The van der Waals surface area contributed by atoms with Crippen LogP contribution in [0.4, 0.5) is 11.8 Å². The van der Waals surface area contributed by atoms with Crippen LogP contribution < -0.4 is 27.0 Å². The Bertz CT molecular complexity index is 1060. The van der Waals surface area contributed by atoms with Crippen molar-refractivity contribution in [2.24, 2.45) is 5.73 Å². The second kappa shape index (κ2) is 14.0. The van der Waals surface area contributed by atoms with E-state index < -0.39 is 6.04 Å². The van der Waals surface area contributed by atoms with Gasteiger partial charge < -0.3 is 31.9 Å². The molecule has 1 fully saturated rings. The van der Waals surface area contributed by atoms with Gasteiger partial charge in [0, 0.05) is 65.1 Å². The maximum atomic E-state index is 13.1. The summed E-state index contributed by atoms with van der Waals surface area (Å²) in [5, 5.41) is 12.3. The summed E-state index contributed by atoms with van der Waals surface area (Å²) in [5.74, 6) is 0.571. The van der Waals surface area contributed by atoms with Crippen molar-refractivity contribution in [2.45, 2.75) is 44.8 Å². The van der Waals surface area contributed by atoms with E-state index in [1.807, 2.05) is 0 Å². The van der Waals surface area contributed by atoms with Crippen LogP contribution in [0.3, 0.4) is 0 Å². The van der Waals surface area contributed by atoms with Crippen LogP contribution in [0, 0.1) is 0 Å². The molecular weight excluding hydrogens is 482 g/mol. The van der Waals surface area contributed by atoms with E-state index in [-0.39, 0.29) is 11.8 Å². The Morgan fingerprint density at radius 1 is 1.00 bits per heavy atom. The lowest BCUT2D eigenvalue weighted by Gasteiger charge is -2.32. The molecule has 3 heterocycles. The largest absolute Gasteiger partial charge is 0.369 e. The zero-order valence-electron chi connectivity index (χ0n) is 22.3. The van der Waals surface area contributed by atoms with Gasteiger partial charge in [-0.2, -0.15) is 4.98 Å². The number of carbonyl (C=O) groups is 2. The van der Waals surface area contributed by atoms with Crippen LogP contribution in [0.2, 0.25) is 0 Å². The number of carbonyl (C=O) groups excluding carboxylic acids is 2. The van der Waals surface area contributed by atoms with Gasteiger partial charge in [0.1, 0.15) is 11.4 Å². The highest BCUT2D eigenvalue weighted by Crippen LogP contribution is 2.16. The van der Waals surface area contributed by atoms with Crippen LogP contribution >= 0.6 is 0 Å². The third kappa shape index (κ3) is 8.37. The highest BCUT2D eigenvalue weighted by molar-refractivity contribution is 5.98. The second-order valence-electron chi connectivity index (χ2n) is 10.1. The Morgan fingerprint density at radius 3 is 2.45 bits per heavy atom. The van der Waals surface area contributed by atoms with Crippen LogP contribution in [0.1, 0.15) is 47.2 Å². The van der Waals surface area contributed by atoms with E-state index in [1.165, 1.54) is 5.56 Å². The van der Waals surface area contributed by atoms with E-state index >= 15 is 0 Å². The zero-order valence-corrected chi connectivity index (χ0v) is 22.3. The van der Waals surface area contributed by atoms with Crippen LogP contribution in [-0.2, 0) is 17.9 Å². The molecule has 0 spiro atoms. The van der Waals surface area contributed by atoms with Gasteiger partial charge in [0.05, 0.1) is 6.04 Å². The molecule has 6 N–H and O–H groups in total. The van der Waals surface area contributed by atoms with E-state index in [2.05, 4.69) is 72.3 Å². The number of nitrogens with zero attached hydrogens (tertiary/aromatic N) is 4. The molecule has 0 radical (unpaired) electrons. The number of aromatic nitrogens is 2. The third-order valence-corrected chi connectivity index (χ3v) is 7.02. The van der Waals surface area contributed by atoms with Gasteiger partial charge in [-0.05, 0) is 43.9 Å². The first-order valence-corrected chi connectivity index (χ1v) is 13.6. The summed E-state index contributed by atoms with van der Waals surface area (Å²) in [6.45, 7) is 7.53. The smallest absolute Gasteiger partial charge is 0.256 e. The average molecular weight is 524 g/mol. The molecule has 2 aromatic rings. The average Bonchev–Trinajstić information content (AvgIpc) is 2.93. The molecule has 4 rings (SSSR count). The topological polar surface area (TPSA) is 141 Å². The Kier molecular flexibility index (Phi) is 10.2. The second-order valence-corrected chi connectivity index (χ2v) is 10.1. The van der Waals surface area contributed by atoms with Crippen molar-refractivity contribution in [1.82, 2.24) is 30.4 Å². The molecule has 1 aromatic heterocycles. The van der Waals surface area contributed by atoms with Crippen molar-refractivity contribution < 1.29 is 9.59 Å². The summed E-state index contributed by atoms with van der Waals surface area (Å²) in [5.41, 5.74) is 8.70. The first kappa shape index (κ1) is 27.7. The molecule has 1 aromatic carbocycles. The molecule has 206 valence electrons. The molecule has 2 amide bonds. The molecule has 38 heavy (non-hydrogen) atoms. The summed E-state index contributed by atoms with van der Waals surface area (Å²) in [7, 11) is 2.16. The highest BCUT2D eigenvalue weighted by atomic mass is 16.2. The number of nitrogens with one attached hydrogen (secondary N) is 4. The van der Waals surface area contributed by atoms with Gasteiger partial charge >= 0.3 is 0 Å². The predicted octanol–water partition coefficient (Wildman–Crippen LogP) is 0.995. The molecule has 1 saturated heterocycles. The van der Waals surface area contributed by atoms with Gasteiger partial charge in [-0.15, -0.1) is 0 Å². The molecule has 1 atom stereocenters. The van der Waals surface area contributed by atoms with Crippen molar-refractivity contribution in [3.05, 3.63) is 47.2 Å². The monoisotopic (exact) mass is 523 g/mol. The zero-order chi connectivity index (χ0) is 26.7. The number of rotatable bonds is 5. The number of nitrogens with two attached hydrogens (primary N) is 1. The van der Waals surface area contributed by atoms with Gasteiger partial charge in [-0.3, -0.25) is 14.5 Å². The Balaban J connectivity index is 1.34. The van der Waals surface area contributed by atoms with E-state index in [9.17, 15) is 9.59 Å². The lowest BCUT2D eigenvalue weighted by molar-refractivity contribution is -0.122. The molecule has 2 aliphatic rings. The van der Waals surface area contributed by atoms with Crippen molar-refractivity contribution in [3.8, 4) is 0 Å². The summed E-state index contributed by atoms with van der Waals surface area (Å²) in [4.78, 5) is 38.9. The number of piperazine rings is 1. The molecule has 0 saturated carbocycles. The quantitative estimate of drug-likeness (QED) is 0.388.